The largest absolute Gasteiger partial charge is 0.435 e. The Labute approximate surface area is 131 Å². The molecule has 3 nitrogen and oxygen atoms in total. The van der Waals surface area contributed by atoms with Crippen LogP contribution in [-0.2, 0) is 12.7 Å². The Morgan fingerprint density at radius 2 is 2.00 bits per heavy atom. The molecule has 2 aliphatic rings. The van der Waals surface area contributed by atoms with Gasteiger partial charge in [0.1, 0.15) is 0 Å². The standard InChI is InChI=1S/C15H16F3N3S/c16-15(17,18)14-11-13(12-3-1-2-4-12)21(19-14)6-5-20-7-9-22-10-8-20/h1-3,11H,5-10H2. The summed E-state index contributed by atoms with van der Waals surface area (Å²) in [5, 5.41) is 3.76. The molecule has 7 heteroatoms. The summed E-state index contributed by atoms with van der Waals surface area (Å²) in [5.41, 5.74) is 3.24. The Morgan fingerprint density at radius 1 is 1.23 bits per heavy atom. The minimum atomic E-state index is -4.42. The van der Waals surface area contributed by atoms with E-state index in [-0.39, 0.29) is 0 Å². The number of aromatic nitrogens is 2. The molecular formula is C15H16F3N3S. The summed E-state index contributed by atoms with van der Waals surface area (Å²) in [4.78, 5) is 2.27. The second-order valence-corrected chi connectivity index (χ2v) is 6.40. The lowest BCUT2D eigenvalue weighted by Crippen LogP contribution is -2.35. The average Bonchev–Trinajstić information content (AvgIpc) is 3.14. The molecule has 0 atom stereocenters. The Morgan fingerprint density at radius 3 is 2.64 bits per heavy atom. The third-order valence-electron chi connectivity index (χ3n) is 3.68. The smallest absolute Gasteiger partial charge is 0.300 e. The zero-order valence-corrected chi connectivity index (χ0v) is 12.8. The van der Waals surface area contributed by atoms with Crippen molar-refractivity contribution in [3.63, 3.8) is 0 Å². The summed E-state index contributed by atoms with van der Waals surface area (Å²) in [6.07, 6.45) is 0.795. The van der Waals surface area contributed by atoms with Gasteiger partial charge in [0.05, 0.1) is 12.2 Å². The lowest BCUT2D eigenvalue weighted by molar-refractivity contribution is -0.141. The second kappa shape index (κ2) is 6.36. The number of hydrogen-bond acceptors (Lipinski definition) is 3. The molecule has 2 heterocycles. The van der Waals surface area contributed by atoms with E-state index >= 15 is 0 Å². The highest BCUT2D eigenvalue weighted by molar-refractivity contribution is 7.99. The predicted octanol–water partition coefficient (Wildman–Crippen LogP) is 3.06. The number of allylic oxidation sites excluding steroid dienone is 3. The first-order valence-corrected chi connectivity index (χ1v) is 8.28. The number of nitrogens with zero attached hydrogens (tertiary/aromatic N) is 3. The van der Waals surface area contributed by atoms with Gasteiger partial charge in [-0.1, -0.05) is 6.08 Å². The number of rotatable bonds is 4. The lowest BCUT2D eigenvalue weighted by Gasteiger charge is -2.26. The van der Waals surface area contributed by atoms with Crippen LogP contribution < -0.4 is 0 Å². The van der Waals surface area contributed by atoms with Gasteiger partial charge in [0.2, 0.25) is 0 Å². The molecule has 22 heavy (non-hydrogen) atoms. The van der Waals surface area contributed by atoms with Gasteiger partial charge in [0.15, 0.2) is 5.69 Å². The predicted molar refractivity (Wildman–Crippen MR) is 81.6 cm³/mol. The van der Waals surface area contributed by atoms with Crippen molar-refractivity contribution in [1.82, 2.24) is 14.7 Å². The summed E-state index contributed by atoms with van der Waals surface area (Å²) in [5.74, 6) is 2.16. The molecule has 1 saturated heterocycles. The van der Waals surface area contributed by atoms with Crippen molar-refractivity contribution in [2.24, 2.45) is 0 Å². The fourth-order valence-electron chi connectivity index (χ4n) is 2.49. The van der Waals surface area contributed by atoms with E-state index in [2.05, 4.69) is 15.7 Å². The molecule has 118 valence electrons. The Bertz CT molecular complexity index is 633. The molecule has 0 N–H and O–H groups in total. The van der Waals surface area contributed by atoms with Gasteiger partial charge in [-0.3, -0.25) is 9.58 Å². The van der Waals surface area contributed by atoms with E-state index in [1.165, 1.54) is 4.68 Å². The zero-order chi connectivity index (χ0) is 15.6. The van der Waals surface area contributed by atoms with E-state index < -0.39 is 11.9 Å². The molecule has 0 spiro atoms. The van der Waals surface area contributed by atoms with Crippen molar-refractivity contribution >= 4 is 17.3 Å². The van der Waals surface area contributed by atoms with Crippen LogP contribution >= 0.6 is 11.8 Å². The van der Waals surface area contributed by atoms with Gasteiger partial charge >= 0.3 is 6.18 Å². The van der Waals surface area contributed by atoms with E-state index in [0.717, 1.165) is 30.7 Å². The van der Waals surface area contributed by atoms with E-state index in [0.29, 0.717) is 24.4 Å². The maximum atomic E-state index is 12.9. The highest BCUT2D eigenvalue weighted by Gasteiger charge is 2.35. The highest BCUT2D eigenvalue weighted by Crippen LogP contribution is 2.31. The van der Waals surface area contributed by atoms with Crippen LogP contribution in [0, 0.1) is 0 Å². The van der Waals surface area contributed by atoms with Crippen molar-refractivity contribution in [3.8, 4) is 0 Å². The first-order chi connectivity index (χ1) is 10.5. The lowest BCUT2D eigenvalue weighted by atomic mass is 10.2. The van der Waals surface area contributed by atoms with Gasteiger partial charge in [-0.25, -0.2) is 0 Å². The van der Waals surface area contributed by atoms with Crippen molar-refractivity contribution in [1.29, 1.82) is 0 Å². The number of thioether (sulfide) groups is 1. The summed E-state index contributed by atoms with van der Waals surface area (Å²) in [6, 6.07) is 1.11. The molecule has 0 aromatic carbocycles. The average molecular weight is 327 g/mol. The van der Waals surface area contributed by atoms with Gasteiger partial charge in [-0.2, -0.15) is 30.0 Å². The highest BCUT2D eigenvalue weighted by atomic mass is 32.2. The SMILES string of the molecule is FC(F)(F)c1cc(C2=C=CC=C2)n(CCN2CCSCC2)n1. The molecule has 0 saturated carbocycles. The molecule has 1 aromatic heterocycles. The van der Waals surface area contributed by atoms with Crippen LogP contribution in [-0.4, -0.2) is 45.8 Å². The summed E-state index contributed by atoms with van der Waals surface area (Å²) >= 11 is 1.91. The molecule has 1 aliphatic heterocycles. The van der Waals surface area contributed by atoms with Crippen LogP contribution in [0.4, 0.5) is 13.2 Å². The van der Waals surface area contributed by atoms with Gasteiger partial charge in [0.25, 0.3) is 0 Å². The molecule has 1 aromatic rings. The second-order valence-electron chi connectivity index (χ2n) is 5.17. The molecule has 1 fully saturated rings. The fraction of sp³-hybridized carbons (Fsp3) is 0.467. The van der Waals surface area contributed by atoms with Crippen LogP contribution in [0.5, 0.6) is 0 Å². The Balaban J connectivity index is 1.80. The number of hydrogen-bond donors (Lipinski definition) is 0. The topological polar surface area (TPSA) is 21.1 Å². The normalized spacial score (nSPS) is 19.0. The van der Waals surface area contributed by atoms with Crippen molar-refractivity contribution < 1.29 is 13.2 Å². The van der Waals surface area contributed by atoms with Gasteiger partial charge in [-0.15, -0.1) is 5.73 Å². The molecule has 0 unspecified atom stereocenters. The quantitative estimate of drug-likeness (QED) is 0.793. The monoisotopic (exact) mass is 327 g/mol. The summed E-state index contributed by atoms with van der Waals surface area (Å²) < 4.78 is 40.2. The molecule has 1 aliphatic carbocycles. The van der Waals surface area contributed by atoms with Gasteiger partial charge < -0.3 is 0 Å². The van der Waals surface area contributed by atoms with Crippen LogP contribution in [0.2, 0.25) is 0 Å². The van der Waals surface area contributed by atoms with Crippen LogP contribution in [0.3, 0.4) is 0 Å². The Kier molecular flexibility index (Phi) is 4.47. The molecular weight excluding hydrogens is 311 g/mol. The third-order valence-corrected chi connectivity index (χ3v) is 4.62. The van der Waals surface area contributed by atoms with E-state index in [1.54, 1.807) is 18.2 Å². The van der Waals surface area contributed by atoms with Crippen molar-refractivity contribution in [2.45, 2.75) is 12.7 Å². The van der Waals surface area contributed by atoms with E-state index in [9.17, 15) is 13.2 Å². The van der Waals surface area contributed by atoms with Crippen LogP contribution in [0.15, 0.2) is 30.0 Å². The first kappa shape index (κ1) is 15.5. The van der Waals surface area contributed by atoms with Crippen LogP contribution in [0.25, 0.3) is 5.57 Å². The molecule has 0 bridgehead atoms. The number of halogens is 3. The van der Waals surface area contributed by atoms with Gasteiger partial charge in [-0.05, 0) is 18.2 Å². The minimum Gasteiger partial charge on any atom is -0.300 e. The summed E-state index contributed by atoms with van der Waals surface area (Å²) in [7, 11) is 0. The van der Waals surface area contributed by atoms with Crippen molar-refractivity contribution in [2.75, 3.05) is 31.1 Å². The van der Waals surface area contributed by atoms with Gasteiger partial charge in [0, 0.05) is 36.7 Å². The van der Waals surface area contributed by atoms with Crippen molar-refractivity contribution in [3.05, 3.63) is 41.4 Å². The summed E-state index contributed by atoms with van der Waals surface area (Å²) in [6.45, 7) is 3.13. The minimum absolute atomic E-state index is 0.453. The third kappa shape index (κ3) is 3.48. The number of alkyl halides is 3. The first-order valence-electron chi connectivity index (χ1n) is 7.13. The zero-order valence-electron chi connectivity index (χ0n) is 11.9. The molecule has 3 rings (SSSR count). The molecule has 0 radical (unpaired) electrons. The fourth-order valence-corrected chi connectivity index (χ4v) is 3.47. The van der Waals surface area contributed by atoms with E-state index in [4.69, 9.17) is 0 Å². The van der Waals surface area contributed by atoms with Crippen LogP contribution in [0.1, 0.15) is 11.4 Å². The molecule has 0 amide bonds. The Hall–Kier alpha value is -1.43. The maximum Gasteiger partial charge on any atom is 0.435 e. The van der Waals surface area contributed by atoms with E-state index in [1.807, 2.05) is 11.8 Å². The maximum absolute atomic E-state index is 12.9.